The van der Waals surface area contributed by atoms with E-state index in [1.165, 1.54) is 5.69 Å². The minimum atomic E-state index is 0.650. The van der Waals surface area contributed by atoms with Gasteiger partial charge in [-0.1, -0.05) is 23.7 Å². The summed E-state index contributed by atoms with van der Waals surface area (Å²) in [7, 11) is 4.07. The van der Waals surface area contributed by atoms with E-state index in [1.807, 2.05) is 62.9 Å². The summed E-state index contributed by atoms with van der Waals surface area (Å²) in [4.78, 5) is 6.58. The molecule has 0 N–H and O–H groups in total. The van der Waals surface area contributed by atoms with Crippen LogP contribution >= 0.6 is 11.6 Å². The van der Waals surface area contributed by atoms with Crippen LogP contribution in [0.2, 0.25) is 5.02 Å². The van der Waals surface area contributed by atoms with Gasteiger partial charge in [-0.3, -0.25) is 4.99 Å². The minimum Gasteiger partial charge on any atom is -0.378 e. The Kier molecular flexibility index (Phi) is 4.49. The fourth-order valence-corrected chi connectivity index (χ4v) is 2.52. The summed E-state index contributed by atoms with van der Waals surface area (Å²) in [5.41, 5.74) is 4.04. The Morgan fingerprint density at radius 3 is 2.39 bits per heavy atom. The number of hydrogen-bond donors (Lipinski definition) is 0. The molecule has 0 saturated carbocycles. The monoisotopic (exact) mass is 323 g/mol. The summed E-state index contributed by atoms with van der Waals surface area (Å²) >= 11 is 6.14. The lowest BCUT2D eigenvalue weighted by molar-refractivity contribution is 1.06. The normalized spacial score (nSPS) is 11.1. The zero-order valence-electron chi connectivity index (χ0n) is 13.1. The molecule has 0 amide bonds. The van der Waals surface area contributed by atoms with Gasteiger partial charge in [0.05, 0.1) is 22.6 Å². The van der Waals surface area contributed by atoms with Gasteiger partial charge in [-0.2, -0.15) is 0 Å². The van der Waals surface area contributed by atoms with E-state index in [9.17, 15) is 0 Å². The lowest BCUT2D eigenvalue weighted by Crippen LogP contribution is -2.08. The first-order valence-electron chi connectivity index (χ1n) is 7.39. The molecule has 0 saturated heterocycles. The zero-order chi connectivity index (χ0) is 16.2. The van der Waals surface area contributed by atoms with Crippen molar-refractivity contribution in [2.45, 2.75) is 0 Å². The lowest BCUT2D eigenvalue weighted by atomic mass is 10.2. The number of hydrogen-bond acceptors (Lipinski definition) is 2. The molecule has 0 fully saturated rings. The average Bonchev–Trinajstić information content (AvgIpc) is 3.02. The number of halogens is 1. The van der Waals surface area contributed by atoms with E-state index in [0.717, 1.165) is 17.1 Å². The van der Waals surface area contributed by atoms with E-state index < -0.39 is 0 Å². The van der Waals surface area contributed by atoms with Gasteiger partial charge in [-0.15, -0.1) is 0 Å². The van der Waals surface area contributed by atoms with Crippen molar-refractivity contribution in [1.29, 1.82) is 0 Å². The second-order valence-electron chi connectivity index (χ2n) is 5.42. The van der Waals surface area contributed by atoms with Crippen LogP contribution in [0.25, 0.3) is 5.69 Å². The summed E-state index contributed by atoms with van der Waals surface area (Å²) in [5, 5.41) is 0.650. The Morgan fingerprint density at radius 1 is 0.957 bits per heavy atom. The summed E-state index contributed by atoms with van der Waals surface area (Å²) in [6.07, 6.45) is 3.86. The highest BCUT2D eigenvalue weighted by molar-refractivity contribution is 6.33. The predicted octanol–water partition coefficient (Wildman–Crippen LogP) is 4.95. The maximum atomic E-state index is 6.14. The second kappa shape index (κ2) is 6.71. The highest BCUT2D eigenvalue weighted by atomic mass is 35.5. The minimum absolute atomic E-state index is 0.650. The van der Waals surface area contributed by atoms with Crippen molar-refractivity contribution < 1.29 is 0 Å². The van der Waals surface area contributed by atoms with Crippen molar-refractivity contribution in [2.75, 3.05) is 19.0 Å². The average molecular weight is 324 g/mol. The number of nitrogens with zero attached hydrogens (tertiary/aromatic N) is 3. The molecule has 1 aromatic heterocycles. The van der Waals surface area contributed by atoms with Gasteiger partial charge in [0, 0.05) is 31.7 Å². The van der Waals surface area contributed by atoms with Crippen molar-refractivity contribution in [2.24, 2.45) is 4.99 Å². The highest BCUT2D eigenvalue weighted by Gasteiger charge is 2.03. The van der Waals surface area contributed by atoms with E-state index in [-0.39, 0.29) is 0 Å². The van der Waals surface area contributed by atoms with E-state index in [4.69, 9.17) is 11.6 Å². The molecule has 0 aliphatic carbocycles. The molecule has 2 aromatic carbocycles. The Labute approximate surface area is 141 Å². The quantitative estimate of drug-likeness (QED) is 0.622. The SMILES string of the molecule is CN(C)c1ccc(-n2cccc2C=Nc2ccccc2Cl)cc1. The predicted molar refractivity (Wildman–Crippen MR) is 98.8 cm³/mol. The molecule has 3 aromatic rings. The van der Waals surface area contributed by atoms with E-state index in [1.54, 1.807) is 0 Å². The van der Waals surface area contributed by atoms with Crippen LogP contribution in [0.15, 0.2) is 71.9 Å². The van der Waals surface area contributed by atoms with Crippen molar-refractivity contribution in [1.82, 2.24) is 4.57 Å². The maximum absolute atomic E-state index is 6.14. The Morgan fingerprint density at radius 2 is 1.70 bits per heavy atom. The van der Waals surface area contributed by atoms with Gasteiger partial charge < -0.3 is 9.47 Å². The Hall–Kier alpha value is -2.52. The molecule has 0 spiro atoms. The van der Waals surface area contributed by atoms with Gasteiger partial charge in [-0.05, 0) is 48.5 Å². The smallest absolute Gasteiger partial charge is 0.0816 e. The number of anilines is 1. The topological polar surface area (TPSA) is 20.5 Å². The standard InChI is InChI=1S/C19H18ClN3/c1-22(2)15-9-11-16(12-10-15)23-13-5-6-17(23)14-21-19-8-4-3-7-18(19)20/h3-14H,1-2H3. The third-order valence-corrected chi connectivity index (χ3v) is 3.93. The van der Waals surface area contributed by atoms with E-state index in [2.05, 4.69) is 38.7 Å². The summed E-state index contributed by atoms with van der Waals surface area (Å²) in [6, 6.07) is 20.0. The molecule has 4 heteroatoms. The molecule has 0 atom stereocenters. The molecule has 0 aliphatic heterocycles. The molecular weight excluding hydrogens is 306 g/mol. The van der Waals surface area contributed by atoms with Gasteiger partial charge in [0.25, 0.3) is 0 Å². The number of aromatic nitrogens is 1. The molecule has 116 valence electrons. The van der Waals surface area contributed by atoms with Crippen LogP contribution in [0.1, 0.15) is 5.69 Å². The number of rotatable bonds is 4. The van der Waals surface area contributed by atoms with Crippen LogP contribution < -0.4 is 4.90 Å². The Bertz CT molecular complexity index is 817. The fraction of sp³-hybridized carbons (Fsp3) is 0.105. The lowest BCUT2D eigenvalue weighted by Gasteiger charge is -2.13. The van der Waals surface area contributed by atoms with Crippen LogP contribution in [0.3, 0.4) is 0 Å². The first kappa shape index (κ1) is 15.4. The summed E-state index contributed by atoms with van der Waals surface area (Å²) in [5.74, 6) is 0. The van der Waals surface area contributed by atoms with Gasteiger partial charge in [0.1, 0.15) is 0 Å². The summed E-state index contributed by atoms with van der Waals surface area (Å²) < 4.78 is 2.10. The van der Waals surface area contributed by atoms with Crippen molar-refractivity contribution in [3.05, 3.63) is 77.6 Å². The van der Waals surface area contributed by atoms with Crippen LogP contribution in [0, 0.1) is 0 Å². The van der Waals surface area contributed by atoms with Gasteiger partial charge >= 0.3 is 0 Å². The first-order chi connectivity index (χ1) is 11.1. The Balaban J connectivity index is 1.89. The van der Waals surface area contributed by atoms with E-state index >= 15 is 0 Å². The molecule has 0 aliphatic rings. The zero-order valence-corrected chi connectivity index (χ0v) is 13.9. The molecule has 0 unspecified atom stereocenters. The first-order valence-corrected chi connectivity index (χ1v) is 7.76. The third-order valence-electron chi connectivity index (χ3n) is 3.61. The van der Waals surface area contributed by atoms with Crippen LogP contribution in [0.5, 0.6) is 0 Å². The number of para-hydroxylation sites is 1. The van der Waals surface area contributed by atoms with Crippen LogP contribution in [-0.4, -0.2) is 24.9 Å². The largest absolute Gasteiger partial charge is 0.378 e. The second-order valence-corrected chi connectivity index (χ2v) is 5.83. The van der Waals surface area contributed by atoms with Crippen LogP contribution in [-0.2, 0) is 0 Å². The molecule has 1 heterocycles. The van der Waals surface area contributed by atoms with Crippen molar-refractivity contribution in [3.8, 4) is 5.69 Å². The molecule has 0 radical (unpaired) electrons. The number of aliphatic imine (C=N–C) groups is 1. The van der Waals surface area contributed by atoms with Crippen molar-refractivity contribution in [3.63, 3.8) is 0 Å². The fourth-order valence-electron chi connectivity index (χ4n) is 2.34. The summed E-state index contributed by atoms with van der Waals surface area (Å²) in [6.45, 7) is 0. The molecule has 23 heavy (non-hydrogen) atoms. The van der Waals surface area contributed by atoms with Crippen molar-refractivity contribution >= 4 is 29.2 Å². The highest BCUT2D eigenvalue weighted by Crippen LogP contribution is 2.24. The van der Waals surface area contributed by atoms with Crippen LogP contribution in [0.4, 0.5) is 11.4 Å². The molecule has 3 nitrogen and oxygen atoms in total. The maximum Gasteiger partial charge on any atom is 0.0816 e. The van der Waals surface area contributed by atoms with Gasteiger partial charge in [-0.25, -0.2) is 0 Å². The molecule has 3 rings (SSSR count). The third kappa shape index (κ3) is 3.46. The molecule has 0 bridgehead atoms. The van der Waals surface area contributed by atoms with Gasteiger partial charge in [0.15, 0.2) is 0 Å². The molecular formula is C19H18ClN3. The number of benzene rings is 2. The van der Waals surface area contributed by atoms with Gasteiger partial charge in [0.2, 0.25) is 0 Å². The van der Waals surface area contributed by atoms with E-state index in [0.29, 0.717) is 5.02 Å².